The molecule has 0 unspecified atom stereocenters. The number of nitrogens with zero attached hydrogens (tertiary/aromatic N) is 1. The average Bonchev–Trinajstić information content (AvgIpc) is 2.19. The van der Waals surface area contributed by atoms with E-state index in [2.05, 4.69) is 0 Å². The number of halogens is 4. The molecule has 0 saturated carbocycles. The number of hydrogen-bond donors (Lipinski definition) is 0. The van der Waals surface area contributed by atoms with Crippen molar-refractivity contribution < 1.29 is 33.3 Å². The fourth-order valence-electron chi connectivity index (χ4n) is 1.33. The molecule has 0 aliphatic heterocycles. The predicted octanol–water partition coefficient (Wildman–Crippen LogP) is 0.930. The molecule has 18 heavy (non-hydrogen) atoms. The van der Waals surface area contributed by atoms with Gasteiger partial charge in [-0.2, -0.15) is 0 Å². The molecule has 0 bridgehead atoms. The van der Waals surface area contributed by atoms with Gasteiger partial charge >= 0.3 is 0 Å². The molecule has 0 aliphatic rings. The molecule has 1 rings (SSSR count). The molecule has 0 aliphatic carbocycles. The molecular formula is C12H15Cl3INO. The van der Waals surface area contributed by atoms with Crippen molar-refractivity contribution in [3.63, 3.8) is 0 Å². The smallest absolute Gasteiger partial charge is 0.170 e. The fraction of sp³-hybridized carbons (Fsp3) is 0.417. The highest BCUT2D eigenvalue weighted by atomic mass is 127. The third-order valence-corrected chi connectivity index (χ3v) is 3.32. The Labute approximate surface area is 140 Å². The van der Waals surface area contributed by atoms with E-state index in [1.807, 2.05) is 21.1 Å². The highest BCUT2D eigenvalue weighted by molar-refractivity contribution is 6.45. The van der Waals surface area contributed by atoms with Gasteiger partial charge in [-0.05, 0) is 12.1 Å². The maximum Gasteiger partial charge on any atom is 0.170 e. The zero-order valence-electron chi connectivity index (χ0n) is 10.4. The summed E-state index contributed by atoms with van der Waals surface area (Å²) < 4.78 is 0.720. The molecular weight excluding hydrogens is 407 g/mol. The van der Waals surface area contributed by atoms with Crippen LogP contribution in [0, 0.1) is 0 Å². The molecule has 6 heteroatoms. The lowest BCUT2D eigenvalue weighted by molar-refractivity contribution is -0.869. The number of hydrogen-bond acceptors (Lipinski definition) is 1. The molecule has 0 radical (unpaired) electrons. The lowest BCUT2D eigenvalue weighted by Crippen LogP contribution is -3.00. The van der Waals surface area contributed by atoms with Crippen LogP contribution in [-0.2, 0) is 0 Å². The highest BCUT2D eigenvalue weighted by Gasteiger charge is 2.17. The van der Waals surface area contributed by atoms with Crippen LogP contribution in [0.5, 0.6) is 0 Å². The number of Topliss-reactive ketones (excluding diaryl/α,β-unsaturated/α-hetero) is 1. The molecule has 0 N–H and O–H groups in total. The molecule has 0 amide bonds. The van der Waals surface area contributed by atoms with Crippen molar-refractivity contribution in [1.82, 2.24) is 0 Å². The second-order valence-corrected chi connectivity index (χ2v) is 6.16. The first-order valence-electron chi connectivity index (χ1n) is 5.19. The summed E-state index contributed by atoms with van der Waals surface area (Å²) in [6, 6.07) is 3.09. The Balaban J connectivity index is 0.00000289. The number of quaternary nitrogens is 1. The Kier molecular flexibility index (Phi) is 7.47. The highest BCUT2D eigenvalue weighted by Crippen LogP contribution is 2.30. The first-order valence-corrected chi connectivity index (χ1v) is 6.32. The Morgan fingerprint density at radius 1 is 1.17 bits per heavy atom. The van der Waals surface area contributed by atoms with Gasteiger partial charge in [0.25, 0.3) is 0 Å². The van der Waals surface area contributed by atoms with Gasteiger partial charge in [-0.15, -0.1) is 0 Å². The van der Waals surface area contributed by atoms with Crippen LogP contribution in [0.1, 0.15) is 16.8 Å². The van der Waals surface area contributed by atoms with Crippen molar-refractivity contribution in [1.29, 1.82) is 0 Å². The average molecular weight is 423 g/mol. The van der Waals surface area contributed by atoms with Gasteiger partial charge in [-0.3, -0.25) is 4.79 Å². The molecule has 0 heterocycles. The number of benzene rings is 1. The fourth-order valence-corrected chi connectivity index (χ4v) is 2.04. The van der Waals surface area contributed by atoms with E-state index in [-0.39, 0.29) is 34.8 Å². The molecule has 1 aromatic carbocycles. The van der Waals surface area contributed by atoms with E-state index in [4.69, 9.17) is 34.8 Å². The molecule has 0 fully saturated rings. The summed E-state index contributed by atoms with van der Waals surface area (Å²) in [6.45, 7) is 0.735. The number of carbonyl (C=O) groups is 1. The van der Waals surface area contributed by atoms with Gasteiger partial charge in [0.05, 0.1) is 44.2 Å². The lowest BCUT2D eigenvalue weighted by Gasteiger charge is -2.23. The van der Waals surface area contributed by atoms with Gasteiger partial charge in [0.2, 0.25) is 0 Å². The Hall–Kier alpha value is 0.450. The van der Waals surface area contributed by atoms with E-state index in [1.54, 1.807) is 6.07 Å². The number of carbonyl (C=O) groups excluding carboxylic acids is 1. The van der Waals surface area contributed by atoms with Crippen LogP contribution in [0.25, 0.3) is 0 Å². The van der Waals surface area contributed by atoms with Crippen molar-refractivity contribution in [3.05, 3.63) is 32.8 Å². The van der Waals surface area contributed by atoms with Gasteiger partial charge in [0.15, 0.2) is 5.78 Å². The summed E-state index contributed by atoms with van der Waals surface area (Å²) in [7, 11) is 6.08. The van der Waals surface area contributed by atoms with E-state index in [0.717, 1.165) is 11.0 Å². The van der Waals surface area contributed by atoms with E-state index >= 15 is 0 Å². The largest absolute Gasteiger partial charge is 1.00 e. The van der Waals surface area contributed by atoms with Crippen LogP contribution >= 0.6 is 34.8 Å². The van der Waals surface area contributed by atoms with Crippen LogP contribution in [-0.4, -0.2) is 38.0 Å². The normalized spacial score (nSPS) is 11.0. The monoisotopic (exact) mass is 421 g/mol. The van der Waals surface area contributed by atoms with Crippen molar-refractivity contribution in [2.75, 3.05) is 27.7 Å². The van der Waals surface area contributed by atoms with Crippen LogP contribution in [0.2, 0.25) is 15.1 Å². The van der Waals surface area contributed by atoms with Gasteiger partial charge in [0, 0.05) is 10.6 Å². The maximum absolute atomic E-state index is 12.0. The minimum Gasteiger partial charge on any atom is -1.00 e. The molecule has 0 saturated heterocycles. The minimum atomic E-state index is -0.0348. The second-order valence-electron chi connectivity index (χ2n) is 4.94. The molecule has 0 atom stereocenters. The molecule has 0 spiro atoms. The Morgan fingerprint density at radius 2 is 1.72 bits per heavy atom. The van der Waals surface area contributed by atoms with E-state index in [0.29, 0.717) is 22.0 Å². The van der Waals surface area contributed by atoms with Crippen molar-refractivity contribution in [3.8, 4) is 0 Å². The van der Waals surface area contributed by atoms with Crippen molar-refractivity contribution >= 4 is 40.6 Å². The third kappa shape index (κ3) is 5.61. The summed E-state index contributed by atoms with van der Waals surface area (Å²) >= 11 is 17.7. The second kappa shape index (κ2) is 7.29. The SMILES string of the molecule is C[N+](C)(C)CCC(=O)c1cc(Cl)cc(Cl)c1Cl.[I-]. The number of rotatable bonds is 4. The van der Waals surface area contributed by atoms with Crippen LogP contribution < -0.4 is 24.0 Å². The summed E-state index contributed by atoms with van der Waals surface area (Å²) in [5, 5.41) is 1.02. The topological polar surface area (TPSA) is 17.1 Å². The van der Waals surface area contributed by atoms with Crippen LogP contribution in [0.4, 0.5) is 0 Å². The van der Waals surface area contributed by atoms with Gasteiger partial charge < -0.3 is 28.5 Å². The third-order valence-electron chi connectivity index (χ3n) is 2.30. The predicted molar refractivity (Wildman–Crippen MR) is 73.3 cm³/mol. The van der Waals surface area contributed by atoms with E-state index < -0.39 is 0 Å². The molecule has 2 nitrogen and oxygen atoms in total. The summed E-state index contributed by atoms with van der Waals surface area (Å²) in [6.07, 6.45) is 0.417. The minimum absolute atomic E-state index is 0. The summed E-state index contributed by atoms with van der Waals surface area (Å²) in [4.78, 5) is 12.0. The van der Waals surface area contributed by atoms with Crippen molar-refractivity contribution in [2.45, 2.75) is 6.42 Å². The van der Waals surface area contributed by atoms with Crippen LogP contribution in [0.15, 0.2) is 12.1 Å². The quantitative estimate of drug-likeness (QED) is 0.305. The van der Waals surface area contributed by atoms with Gasteiger partial charge in [-0.1, -0.05) is 34.8 Å². The first kappa shape index (κ1) is 18.4. The number of ketones is 1. The van der Waals surface area contributed by atoms with Gasteiger partial charge in [0.1, 0.15) is 0 Å². The van der Waals surface area contributed by atoms with Crippen molar-refractivity contribution in [2.24, 2.45) is 0 Å². The summed E-state index contributed by atoms with van der Waals surface area (Å²) in [5.41, 5.74) is 0.401. The first-order chi connectivity index (χ1) is 7.70. The van der Waals surface area contributed by atoms with E-state index in [9.17, 15) is 4.79 Å². The molecule has 0 aromatic heterocycles. The maximum atomic E-state index is 12.0. The van der Waals surface area contributed by atoms with E-state index in [1.165, 1.54) is 6.07 Å². The Morgan fingerprint density at radius 3 is 2.22 bits per heavy atom. The standard InChI is InChI=1S/C12H15Cl3NO.HI/c1-16(2,3)5-4-11(17)9-6-8(13)7-10(14)12(9)15;/h6-7H,4-5H2,1-3H3;1H/q+1;/p-1. The zero-order valence-corrected chi connectivity index (χ0v) is 14.9. The summed E-state index contributed by atoms with van der Waals surface area (Å²) in [5.74, 6) is -0.0348. The lowest BCUT2D eigenvalue weighted by atomic mass is 10.1. The van der Waals surface area contributed by atoms with Gasteiger partial charge in [-0.25, -0.2) is 0 Å². The Bertz CT molecular complexity index is 444. The van der Waals surface area contributed by atoms with Crippen LogP contribution in [0.3, 0.4) is 0 Å². The molecule has 102 valence electrons. The zero-order chi connectivity index (χ0) is 13.2. The molecule has 1 aromatic rings.